The zero-order valence-electron chi connectivity index (χ0n) is 11.3. The first-order chi connectivity index (χ1) is 9.99. The van der Waals surface area contributed by atoms with E-state index in [1.807, 2.05) is 0 Å². The molecule has 0 aromatic heterocycles. The average Bonchev–Trinajstić information content (AvgIpc) is 2.46. The van der Waals surface area contributed by atoms with Gasteiger partial charge < -0.3 is 15.4 Å². The topological polar surface area (TPSA) is 55.6 Å². The fourth-order valence-electron chi connectivity index (χ4n) is 1.87. The molecule has 110 valence electrons. The molecule has 0 bridgehead atoms. The highest BCUT2D eigenvalue weighted by atomic mass is 19.3. The molecule has 2 N–H and O–H groups in total. The quantitative estimate of drug-likeness (QED) is 0.881. The normalized spacial score (nSPS) is 10.5. The zero-order valence-corrected chi connectivity index (χ0v) is 11.3. The lowest BCUT2D eigenvalue weighted by molar-refractivity contribution is -0.0498. The Hall–Kier alpha value is -2.63. The van der Waals surface area contributed by atoms with E-state index in [-0.39, 0.29) is 11.7 Å². The van der Waals surface area contributed by atoms with Crippen molar-refractivity contribution >= 4 is 17.3 Å². The van der Waals surface area contributed by atoms with Crippen molar-refractivity contribution in [2.75, 3.05) is 17.7 Å². The van der Waals surface area contributed by atoms with Crippen LogP contribution in [-0.4, -0.2) is 19.6 Å². The lowest BCUT2D eigenvalue weighted by Crippen LogP contribution is -2.26. The summed E-state index contributed by atoms with van der Waals surface area (Å²) in [6.45, 7) is -2.89. The van der Waals surface area contributed by atoms with Crippen LogP contribution in [-0.2, 0) is 0 Å². The summed E-state index contributed by atoms with van der Waals surface area (Å²) >= 11 is 0. The highest BCUT2D eigenvalue weighted by Gasteiger charge is 2.15. The van der Waals surface area contributed by atoms with Gasteiger partial charge in [0.1, 0.15) is 5.75 Å². The number of para-hydroxylation sites is 2. The van der Waals surface area contributed by atoms with Crippen LogP contribution in [0, 0.1) is 0 Å². The van der Waals surface area contributed by atoms with Gasteiger partial charge in [0.05, 0.1) is 11.4 Å². The number of halogens is 2. The highest BCUT2D eigenvalue weighted by molar-refractivity contribution is 6.07. The van der Waals surface area contributed by atoms with Crippen LogP contribution in [0.5, 0.6) is 5.75 Å². The third-order valence-electron chi connectivity index (χ3n) is 2.93. The van der Waals surface area contributed by atoms with Crippen LogP contribution >= 0.6 is 0 Å². The molecule has 0 saturated heterocycles. The molecule has 0 aliphatic carbocycles. The number of carbonyl (C=O) groups is 1. The number of rotatable bonds is 4. The van der Waals surface area contributed by atoms with Crippen LogP contribution < -0.4 is 15.4 Å². The number of amides is 1. The van der Waals surface area contributed by atoms with Gasteiger partial charge >= 0.3 is 6.61 Å². The van der Waals surface area contributed by atoms with Gasteiger partial charge in [-0.2, -0.15) is 8.78 Å². The monoisotopic (exact) mass is 292 g/mol. The van der Waals surface area contributed by atoms with Crippen LogP contribution in [0.15, 0.2) is 48.5 Å². The second kappa shape index (κ2) is 6.21. The predicted octanol–water partition coefficient (Wildman–Crippen LogP) is 3.15. The maximum atomic E-state index is 12.3. The summed E-state index contributed by atoms with van der Waals surface area (Å²) in [6, 6.07) is 12.5. The lowest BCUT2D eigenvalue weighted by Gasteiger charge is -2.19. The molecular weight excluding hydrogens is 278 g/mol. The summed E-state index contributed by atoms with van der Waals surface area (Å²) in [6.07, 6.45) is 0. The molecule has 2 aromatic carbocycles. The highest BCUT2D eigenvalue weighted by Crippen LogP contribution is 2.23. The van der Waals surface area contributed by atoms with Gasteiger partial charge in [-0.1, -0.05) is 12.1 Å². The first-order valence-electron chi connectivity index (χ1n) is 6.16. The zero-order chi connectivity index (χ0) is 15.4. The van der Waals surface area contributed by atoms with Crippen molar-refractivity contribution in [3.05, 3.63) is 54.1 Å². The van der Waals surface area contributed by atoms with Gasteiger partial charge in [-0.25, -0.2) is 0 Å². The first kappa shape index (κ1) is 14.8. The molecule has 0 fully saturated rings. The molecule has 0 aliphatic heterocycles. The van der Waals surface area contributed by atoms with E-state index >= 15 is 0 Å². The van der Waals surface area contributed by atoms with Crippen molar-refractivity contribution in [2.24, 2.45) is 0 Å². The minimum atomic E-state index is -2.89. The Morgan fingerprint density at radius 2 is 1.76 bits per heavy atom. The van der Waals surface area contributed by atoms with Crippen molar-refractivity contribution < 1.29 is 18.3 Å². The van der Waals surface area contributed by atoms with Gasteiger partial charge in [-0.15, -0.1) is 0 Å². The van der Waals surface area contributed by atoms with Crippen molar-refractivity contribution in [3.8, 4) is 5.75 Å². The number of alkyl halides is 2. The molecule has 0 spiro atoms. The Balaban J connectivity index is 2.18. The number of carbonyl (C=O) groups excluding carboxylic acids is 1. The molecule has 0 atom stereocenters. The Kier molecular flexibility index (Phi) is 4.37. The Morgan fingerprint density at radius 3 is 2.33 bits per heavy atom. The number of ether oxygens (including phenoxy) is 1. The van der Waals surface area contributed by atoms with Crippen LogP contribution in [0.2, 0.25) is 0 Å². The molecule has 6 heteroatoms. The fraction of sp³-hybridized carbons (Fsp3) is 0.133. The molecule has 0 radical (unpaired) electrons. The van der Waals surface area contributed by atoms with E-state index in [1.165, 1.54) is 29.2 Å². The number of nitrogens with zero attached hydrogens (tertiary/aromatic N) is 1. The van der Waals surface area contributed by atoms with Gasteiger partial charge in [0.15, 0.2) is 0 Å². The van der Waals surface area contributed by atoms with Crippen molar-refractivity contribution in [3.63, 3.8) is 0 Å². The molecule has 2 rings (SSSR count). The first-order valence-corrected chi connectivity index (χ1v) is 6.16. The maximum Gasteiger partial charge on any atom is 0.387 e. The van der Waals surface area contributed by atoms with Gasteiger partial charge in [-0.3, -0.25) is 4.79 Å². The largest absolute Gasteiger partial charge is 0.435 e. The second-order valence-electron chi connectivity index (χ2n) is 4.33. The third-order valence-corrected chi connectivity index (χ3v) is 2.93. The van der Waals surface area contributed by atoms with Crippen molar-refractivity contribution in [1.82, 2.24) is 0 Å². The smallest absolute Gasteiger partial charge is 0.387 e. The van der Waals surface area contributed by atoms with Crippen molar-refractivity contribution in [1.29, 1.82) is 0 Å². The Labute approximate surface area is 120 Å². The summed E-state index contributed by atoms with van der Waals surface area (Å²) in [5.74, 6) is -0.292. The third kappa shape index (κ3) is 3.47. The second-order valence-corrected chi connectivity index (χ2v) is 4.33. The molecule has 4 nitrogen and oxygen atoms in total. The summed E-state index contributed by atoms with van der Waals surface area (Å²) in [4.78, 5) is 13.7. The number of benzene rings is 2. The number of hydrogen-bond acceptors (Lipinski definition) is 3. The van der Waals surface area contributed by atoms with Crippen LogP contribution in [0.4, 0.5) is 20.2 Å². The minimum Gasteiger partial charge on any atom is -0.435 e. The van der Waals surface area contributed by atoms with Gasteiger partial charge in [0, 0.05) is 12.6 Å². The maximum absolute atomic E-state index is 12.3. The number of anilines is 2. The Bertz CT molecular complexity index is 630. The Morgan fingerprint density at radius 1 is 1.14 bits per heavy atom. The number of nitrogen functional groups attached to an aromatic ring is 1. The van der Waals surface area contributed by atoms with E-state index in [1.54, 1.807) is 31.3 Å². The van der Waals surface area contributed by atoms with E-state index in [9.17, 15) is 13.6 Å². The van der Waals surface area contributed by atoms with Gasteiger partial charge in [0.2, 0.25) is 0 Å². The predicted molar refractivity (Wildman–Crippen MR) is 76.7 cm³/mol. The fourth-order valence-corrected chi connectivity index (χ4v) is 1.87. The molecule has 21 heavy (non-hydrogen) atoms. The summed E-state index contributed by atoms with van der Waals surface area (Å²) < 4.78 is 28.4. The minimum absolute atomic E-state index is 0.00317. The van der Waals surface area contributed by atoms with Crippen LogP contribution in [0.25, 0.3) is 0 Å². The van der Waals surface area contributed by atoms with E-state index in [4.69, 9.17) is 5.73 Å². The SMILES string of the molecule is CN(C(=O)c1ccc(OC(F)F)cc1)c1ccccc1N. The van der Waals surface area contributed by atoms with E-state index < -0.39 is 6.61 Å². The standard InChI is InChI=1S/C15H14F2N2O2/c1-19(13-5-3-2-4-12(13)18)14(20)10-6-8-11(9-7-10)21-15(16)17/h2-9,15H,18H2,1H3. The number of nitrogens with two attached hydrogens (primary N) is 1. The van der Waals surface area contributed by atoms with E-state index in [2.05, 4.69) is 4.74 Å². The van der Waals surface area contributed by atoms with Gasteiger partial charge in [-0.05, 0) is 36.4 Å². The molecular formula is C15H14F2N2O2. The molecule has 0 unspecified atom stereocenters. The van der Waals surface area contributed by atoms with E-state index in [0.29, 0.717) is 16.9 Å². The molecule has 1 amide bonds. The van der Waals surface area contributed by atoms with Crippen LogP contribution in [0.3, 0.4) is 0 Å². The molecule has 0 saturated carbocycles. The van der Waals surface area contributed by atoms with Gasteiger partial charge in [0.25, 0.3) is 5.91 Å². The lowest BCUT2D eigenvalue weighted by atomic mass is 10.1. The number of hydrogen-bond donors (Lipinski definition) is 1. The van der Waals surface area contributed by atoms with Crippen LogP contribution in [0.1, 0.15) is 10.4 Å². The average molecular weight is 292 g/mol. The summed E-state index contributed by atoms with van der Waals surface area (Å²) in [5.41, 5.74) is 7.23. The van der Waals surface area contributed by atoms with E-state index in [0.717, 1.165) is 0 Å². The summed E-state index contributed by atoms with van der Waals surface area (Å²) in [7, 11) is 1.59. The molecule has 2 aromatic rings. The van der Waals surface area contributed by atoms with Crippen molar-refractivity contribution in [2.45, 2.75) is 6.61 Å². The molecule has 0 aliphatic rings. The molecule has 0 heterocycles. The summed E-state index contributed by atoms with van der Waals surface area (Å²) in [5, 5.41) is 0.